The topological polar surface area (TPSA) is 37.3 Å². The van der Waals surface area contributed by atoms with E-state index >= 15 is 0 Å². The van der Waals surface area contributed by atoms with Gasteiger partial charge in [-0.05, 0) is 25.3 Å². The van der Waals surface area contributed by atoms with Gasteiger partial charge in [-0.2, -0.15) is 0 Å². The third kappa shape index (κ3) is 5.27. The summed E-state index contributed by atoms with van der Waals surface area (Å²) < 4.78 is 19.4. The molecule has 0 saturated carbocycles. The van der Waals surface area contributed by atoms with E-state index in [1.807, 2.05) is 30.3 Å². The standard InChI is InChI=1S/C10H14O2S.Na.H/c1-9(13(11)12)7-8-10-5-3-2-4-6-10;;/h2-6,9H,7-8H2,1H3,(H,11,12);;. The van der Waals surface area contributed by atoms with Crippen molar-refractivity contribution in [2.45, 2.75) is 25.0 Å². The molecule has 1 N–H and O–H groups in total. The van der Waals surface area contributed by atoms with Crippen LogP contribution in [0.5, 0.6) is 0 Å². The molecule has 0 heterocycles. The van der Waals surface area contributed by atoms with Gasteiger partial charge >= 0.3 is 29.6 Å². The molecule has 2 unspecified atom stereocenters. The Labute approximate surface area is 110 Å². The molecule has 1 aromatic carbocycles. The molecule has 0 saturated heterocycles. The molecule has 0 aliphatic carbocycles. The van der Waals surface area contributed by atoms with Crippen LogP contribution in [0.1, 0.15) is 18.9 Å². The van der Waals surface area contributed by atoms with Gasteiger partial charge in [0.15, 0.2) is 11.1 Å². The van der Waals surface area contributed by atoms with Crippen molar-refractivity contribution in [2.24, 2.45) is 0 Å². The van der Waals surface area contributed by atoms with Gasteiger partial charge in [0.1, 0.15) is 0 Å². The average molecular weight is 222 g/mol. The Morgan fingerprint density at radius 2 is 1.93 bits per heavy atom. The normalized spacial score (nSPS) is 14.1. The molecule has 0 amide bonds. The van der Waals surface area contributed by atoms with Crippen LogP contribution in [0.25, 0.3) is 0 Å². The Morgan fingerprint density at radius 3 is 2.43 bits per heavy atom. The second-order valence-electron chi connectivity index (χ2n) is 3.11. The molecule has 0 aliphatic rings. The van der Waals surface area contributed by atoms with Crippen molar-refractivity contribution < 1.29 is 8.76 Å². The van der Waals surface area contributed by atoms with Crippen molar-refractivity contribution in [1.82, 2.24) is 0 Å². The van der Waals surface area contributed by atoms with Crippen LogP contribution in [0.2, 0.25) is 0 Å². The van der Waals surface area contributed by atoms with Gasteiger partial charge in [-0.1, -0.05) is 30.3 Å². The molecule has 14 heavy (non-hydrogen) atoms. The first-order chi connectivity index (χ1) is 6.20. The van der Waals surface area contributed by atoms with E-state index in [2.05, 4.69) is 0 Å². The monoisotopic (exact) mass is 222 g/mol. The van der Waals surface area contributed by atoms with Crippen LogP contribution in [-0.4, -0.2) is 43.6 Å². The number of aryl methyl sites for hydroxylation is 1. The van der Waals surface area contributed by atoms with Gasteiger partial charge in [-0.25, -0.2) is 4.21 Å². The molecule has 74 valence electrons. The Kier molecular flexibility index (Phi) is 7.78. The van der Waals surface area contributed by atoms with E-state index in [4.69, 9.17) is 4.55 Å². The summed E-state index contributed by atoms with van der Waals surface area (Å²) in [6.07, 6.45) is 1.63. The van der Waals surface area contributed by atoms with Crippen molar-refractivity contribution >= 4 is 40.6 Å². The molecular formula is C10H15NaO2S. The maximum atomic E-state index is 10.6. The van der Waals surface area contributed by atoms with Gasteiger partial charge in [-0.3, -0.25) is 0 Å². The van der Waals surface area contributed by atoms with Crippen molar-refractivity contribution in [3.63, 3.8) is 0 Å². The van der Waals surface area contributed by atoms with Gasteiger partial charge in [0.25, 0.3) is 0 Å². The van der Waals surface area contributed by atoms with E-state index in [0.29, 0.717) is 0 Å². The quantitative estimate of drug-likeness (QED) is 0.620. The minimum absolute atomic E-state index is 0. The Balaban J connectivity index is 0.00000169. The Morgan fingerprint density at radius 1 is 1.36 bits per heavy atom. The van der Waals surface area contributed by atoms with Crippen molar-refractivity contribution in [1.29, 1.82) is 0 Å². The van der Waals surface area contributed by atoms with Crippen LogP contribution in [-0.2, 0) is 17.5 Å². The van der Waals surface area contributed by atoms with E-state index in [9.17, 15) is 4.21 Å². The molecule has 0 aromatic heterocycles. The summed E-state index contributed by atoms with van der Waals surface area (Å²) >= 11 is -1.68. The first kappa shape index (κ1) is 14.3. The molecule has 1 aromatic rings. The third-order valence-electron chi connectivity index (χ3n) is 2.03. The molecule has 0 fully saturated rings. The fourth-order valence-electron chi connectivity index (χ4n) is 1.12. The zero-order chi connectivity index (χ0) is 9.68. The van der Waals surface area contributed by atoms with E-state index < -0.39 is 11.1 Å². The van der Waals surface area contributed by atoms with Gasteiger partial charge in [0.05, 0.1) is 5.25 Å². The zero-order valence-electron chi connectivity index (χ0n) is 7.64. The SMILES string of the molecule is CC(CCc1ccccc1)S(=O)O.[NaH]. The summed E-state index contributed by atoms with van der Waals surface area (Å²) in [6.45, 7) is 1.79. The van der Waals surface area contributed by atoms with Crippen molar-refractivity contribution in [3.05, 3.63) is 35.9 Å². The first-order valence-corrected chi connectivity index (χ1v) is 5.50. The molecule has 2 nitrogen and oxygen atoms in total. The van der Waals surface area contributed by atoms with Gasteiger partial charge < -0.3 is 4.55 Å². The molecule has 0 bridgehead atoms. The van der Waals surface area contributed by atoms with Gasteiger partial charge in [-0.15, -0.1) is 0 Å². The number of rotatable bonds is 4. The van der Waals surface area contributed by atoms with Crippen LogP contribution in [0.3, 0.4) is 0 Å². The molecule has 4 heteroatoms. The summed E-state index contributed by atoms with van der Waals surface area (Å²) in [5.74, 6) is 0. The summed E-state index contributed by atoms with van der Waals surface area (Å²) in [5, 5.41) is -0.139. The van der Waals surface area contributed by atoms with Gasteiger partial charge in [0, 0.05) is 0 Å². The van der Waals surface area contributed by atoms with E-state index in [-0.39, 0.29) is 34.8 Å². The second kappa shape index (κ2) is 7.60. The summed E-state index contributed by atoms with van der Waals surface area (Å²) in [5.41, 5.74) is 1.22. The molecular weight excluding hydrogens is 207 g/mol. The molecule has 2 atom stereocenters. The van der Waals surface area contributed by atoms with E-state index in [1.165, 1.54) is 5.56 Å². The van der Waals surface area contributed by atoms with E-state index in [0.717, 1.165) is 12.8 Å². The van der Waals surface area contributed by atoms with Crippen LogP contribution in [0.15, 0.2) is 30.3 Å². The molecule has 0 aliphatic heterocycles. The van der Waals surface area contributed by atoms with E-state index in [1.54, 1.807) is 6.92 Å². The van der Waals surface area contributed by atoms with Crippen LogP contribution in [0, 0.1) is 0 Å². The third-order valence-corrected chi connectivity index (χ3v) is 2.95. The predicted octanol–water partition coefficient (Wildman–Crippen LogP) is 1.58. The van der Waals surface area contributed by atoms with Crippen molar-refractivity contribution in [2.75, 3.05) is 0 Å². The van der Waals surface area contributed by atoms with Crippen LogP contribution in [0.4, 0.5) is 0 Å². The second-order valence-corrected chi connectivity index (χ2v) is 4.47. The van der Waals surface area contributed by atoms with Crippen molar-refractivity contribution in [3.8, 4) is 0 Å². The molecule has 1 rings (SSSR count). The summed E-state index contributed by atoms with van der Waals surface area (Å²) in [7, 11) is 0. The average Bonchev–Trinajstić information content (AvgIpc) is 2.15. The first-order valence-electron chi connectivity index (χ1n) is 4.33. The zero-order valence-corrected chi connectivity index (χ0v) is 8.46. The predicted molar refractivity (Wildman–Crippen MR) is 62.1 cm³/mol. The maximum absolute atomic E-state index is 10.6. The van der Waals surface area contributed by atoms with Crippen LogP contribution < -0.4 is 0 Å². The number of benzene rings is 1. The number of hydrogen-bond donors (Lipinski definition) is 1. The Hall–Kier alpha value is 0.330. The fourth-order valence-corrected chi connectivity index (χ4v) is 1.43. The summed E-state index contributed by atoms with van der Waals surface area (Å²) in [4.78, 5) is 0. The molecule has 0 spiro atoms. The number of hydrogen-bond acceptors (Lipinski definition) is 1. The summed E-state index contributed by atoms with van der Waals surface area (Å²) in [6, 6.07) is 10.0. The Bertz CT molecular complexity index is 277. The molecule has 0 radical (unpaired) electrons. The fraction of sp³-hybridized carbons (Fsp3) is 0.400. The minimum atomic E-state index is -1.68. The van der Waals surface area contributed by atoms with Gasteiger partial charge in [0.2, 0.25) is 0 Å². The van der Waals surface area contributed by atoms with Crippen LogP contribution >= 0.6 is 0 Å².